The molecule has 0 bridgehead atoms. The summed E-state index contributed by atoms with van der Waals surface area (Å²) < 4.78 is 18.3. The van der Waals surface area contributed by atoms with Crippen LogP contribution in [0, 0.1) is 5.92 Å². The minimum Gasteiger partial charge on any atom is -0.508 e. The molecule has 36 heavy (non-hydrogen) atoms. The lowest BCUT2D eigenvalue weighted by molar-refractivity contribution is -0.244. The Morgan fingerprint density at radius 1 is 1.06 bits per heavy atom. The number of allylic oxidation sites excluding steroid dienone is 2. The zero-order valence-corrected chi connectivity index (χ0v) is 20.9. The molecule has 0 amide bonds. The van der Waals surface area contributed by atoms with Crippen LogP contribution >= 0.6 is 23.2 Å². The Morgan fingerprint density at radius 3 is 2.56 bits per heavy atom. The number of carbonyl (C=O) groups is 1. The number of hydrogen-bond donors (Lipinski definition) is 2. The van der Waals surface area contributed by atoms with Crippen LogP contribution in [0.5, 0.6) is 17.2 Å². The highest BCUT2D eigenvalue weighted by Gasteiger charge is 2.34. The van der Waals surface area contributed by atoms with E-state index in [0.717, 1.165) is 5.56 Å². The van der Waals surface area contributed by atoms with Crippen LogP contribution in [0.25, 0.3) is 0 Å². The van der Waals surface area contributed by atoms with E-state index < -0.39 is 18.4 Å². The van der Waals surface area contributed by atoms with Gasteiger partial charge in [-0.3, -0.25) is 4.79 Å². The van der Waals surface area contributed by atoms with E-state index in [0.29, 0.717) is 46.6 Å². The van der Waals surface area contributed by atoms with Gasteiger partial charge in [0.2, 0.25) is 0 Å². The number of benzene rings is 3. The zero-order chi connectivity index (χ0) is 25.5. The second kappa shape index (κ2) is 12.3. The van der Waals surface area contributed by atoms with Crippen molar-refractivity contribution in [2.45, 2.75) is 31.7 Å². The Bertz CT molecular complexity index is 1210. The topological polar surface area (TPSA) is 85.2 Å². The summed E-state index contributed by atoms with van der Waals surface area (Å²) in [7, 11) is 0. The van der Waals surface area contributed by atoms with Crippen molar-refractivity contribution in [3.63, 3.8) is 0 Å². The van der Waals surface area contributed by atoms with Gasteiger partial charge in [0.25, 0.3) is 0 Å². The Hall–Kier alpha value is -3.03. The molecule has 1 aliphatic heterocycles. The summed E-state index contributed by atoms with van der Waals surface area (Å²) in [6.07, 6.45) is 3.94. The molecule has 188 valence electrons. The van der Waals surface area contributed by atoms with Gasteiger partial charge in [0.1, 0.15) is 17.2 Å². The normalized spacial score (nSPS) is 19.9. The lowest BCUT2D eigenvalue weighted by Gasteiger charge is -2.37. The fourth-order valence-corrected chi connectivity index (χ4v) is 4.42. The molecule has 2 N–H and O–H groups in total. The highest BCUT2D eigenvalue weighted by molar-refractivity contribution is 6.35. The second-order valence-electron chi connectivity index (χ2n) is 8.43. The Morgan fingerprint density at radius 2 is 1.83 bits per heavy atom. The molecule has 0 saturated carbocycles. The number of carboxylic acid groups (broad SMARTS) is 1. The number of para-hydroxylation sites is 1. The fraction of sp³-hybridized carbons (Fsp3) is 0.250. The van der Waals surface area contributed by atoms with E-state index in [9.17, 15) is 9.90 Å². The maximum atomic E-state index is 10.7. The van der Waals surface area contributed by atoms with Crippen LogP contribution in [-0.2, 0) is 14.3 Å². The molecule has 1 saturated heterocycles. The molecule has 1 fully saturated rings. The van der Waals surface area contributed by atoms with Crippen molar-refractivity contribution in [1.82, 2.24) is 0 Å². The molecule has 0 aromatic heterocycles. The van der Waals surface area contributed by atoms with E-state index in [4.69, 9.17) is 42.5 Å². The maximum Gasteiger partial charge on any atom is 0.303 e. The van der Waals surface area contributed by atoms with Crippen molar-refractivity contribution in [2.24, 2.45) is 5.92 Å². The molecule has 0 spiro atoms. The van der Waals surface area contributed by atoms with Crippen molar-refractivity contribution >= 4 is 29.2 Å². The molecule has 3 aromatic rings. The molecule has 6 nitrogen and oxygen atoms in total. The van der Waals surface area contributed by atoms with Gasteiger partial charge in [-0.25, -0.2) is 0 Å². The second-order valence-corrected chi connectivity index (χ2v) is 9.27. The summed E-state index contributed by atoms with van der Waals surface area (Å²) in [6.45, 7) is 0.408. The SMILES string of the molecule is O=C(O)CC/C=C\CC1COC(c2ccc(Oc3ccc(Cl)cc3Cl)cc2)O[C@@H]1c1ccccc1O. The predicted molar refractivity (Wildman–Crippen MR) is 138 cm³/mol. The molecule has 1 heterocycles. The molecule has 2 unspecified atom stereocenters. The van der Waals surface area contributed by atoms with Crippen molar-refractivity contribution in [3.8, 4) is 17.2 Å². The smallest absolute Gasteiger partial charge is 0.303 e. The van der Waals surface area contributed by atoms with E-state index in [1.165, 1.54) is 0 Å². The van der Waals surface area contributed by atoms with Gasteiger partial charge in [-0.2, -0.15) is 0 Å². The number of aliphatic carboxylic acids is 1. The third kappa shape index (κ3) is 6.80. The standard InChI is InChI=1S/C28H26Cl2O6/c29-20-12-15-25(23(30)16-20)35-21-13-10-18(11-14-21)28-34-17-19(6-2-1-3-9-26(32)33)27(36-28)22-7-4-5-8-24(22)31/h1-2,4-5,7-8,10-16,19,27-28,31H,3,6,9,17H2,(H,32,33)/b2-1-/t19?,27-,28?/m0/s1. The van der Waals surface area contributed by atoms with Crippen molar-refractivity contribution in [2.75, 3.05) is 6.61 Å². The maximum absolute atomic E-state index is 10.7. The highest BCUT2D eigenvalue weighted by atomic mass is 35.5. The predicted octanol–water partition coefficient (Wildman–Crippen LogP) is 7.71. The van der Waals surface area contributed by atoms with E-state index >= 15 is 0 Å². The van der Waals surface area contributed by atoms with Crippen LogP contribution in [0.1, 0.15) is 42.8 Å². The van der Waals surface area contributed by atoms with Crippen LogP contribution in [0.2, 0.25) is 10.0 Å². The lowest BCUT2D eigenvalue weighted by Crippen LogP contribution is -2.30. The quantitative estimate of drug-likeness (QED) is 0.276. The third-order valence-electron chi connectivity index (χ3n) is 5.81. The summed E-state index contributed by atoms with van der Waals surface area (Å²) >= 11 is 12.1. The van der Waals surface area contributed by atoms with Crippen LogP contribution in [0.15, 0.2) is 78.9 Å². The van der Waals surface area contributed by atoms with E-state index in [1.54, 1.807) is 42.5 Å². The summed E-state index contributed by atoms with van der Waals surface area (Å²) in [5.74, 6) is 0.377. The molecule has 8 heteroatoms. The molecule has 1 aliphatic rings. The first-order valence-corrected chi connectivity index (χ1v) is 12.3. The number of halogens is 2. The number of phenols is 1. The molecule has 3 atom stereocenters. The third-order valence-corrected chi connectivity index (χ3v) is 6.34. The van der Waals surface area contributed by atoms with Crippen LogP contribution in [0.3, 0.4) is 0 Å². The average molecular weight is 529 g/mol. The Kier molecular flexibility index (Phi) is 8.88. The van der Waals surface area contributed by atoms with Crippen molar-refractivity contribution in [3.05, 3.63) is 100 Å². The molecular formula is C28H26Cl2O6. The van der Waals surface area contributed by atoms with Gasteiger partial charge >= 0.3 is 5.97 Å². The number of phenolic OH excluding ortho intramolecular Hbond substituents is 1. The molecular weight excluding hydrogens is 503 g/mol. The van der Waals surface area contributed by atoms with Crippen LogP contribution < -0.4 is 4.74 Å². The van der Waals surface area contributed by atoms with Crippen LogP contribution in [0.4, 0.5) is 0 Å². The first-order valence-electron chi connectivity index (χ1n) is 11.6. The number of aromatic hydroxyl groups is 1. The van der Waals surface area contributed by atoms with Crippen LogP contribution in [-0.4, -0.2) is 22.8 Å². The van der Waals surface area contributed by atoms with Gasteiger partial charge in [-0.05, 0) is 49.2 Å². The number of hydrogen-bond acceptors (Lipinski definition) is 5. The molecule has 3 aromatic carbocycles. The molecule has 0 radical (unpaired) electrons. The summed E-state index contributed by atoms with van der Waals surface area (Å²) in [5.41, 5.74) is 1.49. The van der Waals surface area contributed by atoms with E-state index in [2.05, 4.69) is 0 Å². The largest absolute Gasteiger partial charge is 0.508 e. The number of carboxylic acids is 1. The number of rotatable bonds is 9. The summed E-state index contributed by atoms with van der Waals surface area (Å²) in [4.78, 5) is 10.7. The fourth-order valence-electron chi connectivity index (χ4n) is 3.98. The summed E-state index contributed by atoms with van der Waals surface area (Å²) in [5, 5.41) is 20.2. The molecule has 4 rings (SSSR count). The highest BCUT2D eigenvalue weighted by Crippen LogP contribution is 2.43. The first kappa shape index (κ1) is 26.0. The Balaban J connectivity index is 1.46. The zero-order valence-electron chi connectivity index (χ0n) is 19.3. The van der Waals surface area contributed by atoms with Gasteiger partial charge in [0, 0.05) is 28.5 Å². The van der Waals surface area contributed by atoms with E-state index in [-0.39, 0.29) is 18.1 Å². The monoisotopic (exact) mass is 528 g/mol. The van der Waals surface area contributed by atoms with Crippen molar-refractivity contribution in [1.29, 1.82) is 0 Å². The first-order chi connectivity index (χ1) is 17.4. The van der Waals surface area contributed by atoms with Crippen molar-refractivity contribution < 1.29 is 29.2 Å². The number of ether oxygens (including phenoxy) is 3. The van der Waals surface area contributed by atoms with Gasteiger partial charge < -0.3 is 24.4 Å². The molecule has 0 aliphatic carbocycles. The Labute approximate surface area is 219 Å². The van der Waals surface area contributed by atoms with Gasteiger partial charge in [-0.1, -0.05) is 65.7 Å². The lowest BCUT2D eigenvalue weighted by atomic mass is 9.91. The van der Waals surface area contributed by atoms with E-state index in [1.807, 2.05) is 36.4 Å². The minimum atomic E-state index is -0.827. The summed E-state index contributed by atoms with van der Waals surface area (Å²) in [6, 6.07) is 19.5. The van der Waals surface area contributed by atoms with Gasteiger partial charge in [0.05, 0.1) is 17.7 Å². The van der Waals surface area contributed by atoms with Gasteiger partial charge in [-0.15, -0.1) is 0 Å². The average Bonchev–Trinajstić information content (AvgIpc) is 2.86. The minimum absolute atomic E-state index is 0.0507. The van der Waals surface area contributed by atoms with Gasteiger partial charge in [0.15, 0.2) is 6.29 Å².